The van der Waals surface area contributed by atoms with Gasteiger partial charge in [0.2, 0.25) is 0 Å². The van der Waals surface area contributed by atoms with E-state index in [1.54, 1.807) is 0 Å². The number of aromatic nitrogens is 2. The Bertz CT molecular complexity index is 665. The molecular formula is C17H23N3O2. The Hall–Kier alpha value is -1.88. The number of likely N-dealkylation sites (tertiary alicyclic amines) is 1. The maximum Gasteiger partial charge on any atom is 0.310 e. The summed E-state index contributed by atoms with van der Waals surface area (Å²) < 4.78 is 7.31. The summed E-state index contributed by atoms with van der Waals surface area (Å²) in [4.78, 5) is 19.0. The lowest BCUT2D eigenvalue weighted by atomic mass is 9.98. The zero-order chi connectivity index (χ0) is 15.5. The fraction of sp³-hybridized carbons (Fsp3) is 0.529. The molecule has 1 saturated heterocycles. The fourth-order valence-electron chi connectivity index (χ4n) is 3.19. The van der Waals surface area contributed by atoms with Crippen molar-refractivity contribution in [2.45, 2.75) is 26.3 Å². The largest absolute Gasteiger partial charge is 0.466 e. The van der Waals surface area contributed by atoms with Crippen LogP contribution in [0.3, 0.4) is 0 Å². The van der Waals surface area contributed by atoms with Gasteiger partial charge < -0.3 is 9.30 Å². The van der Waals surface area contributed by atoms with E-state index in [4.69, 9.17) is 9.72 Å². The second-order valence-corrected chi connectivity index (χ2v) is 5.90. The molecule has 3 rings (SSSR count). The van der Waals surface area contributed by atoms with E-state index in [1.807, 2.05) is 25.1 Å². The number of nitrogens with zero attached hydrogens (tertiary/aromatic N) is 3. The Morgan fingerprint density at radius 3 is 3.00 bits per heavy atom. The number of carbonyl (C=O) groups is 1. The normalized spacial score (nSPS) is 19.5. The van der Waals surface area contributed by atoms with Crippen LogP contribution in [0.15, 0.2) is 24.3 Å². The van der Waals surface area contributed by atoms with Gasteiger partial charge in [0, 0.05) is 13.6 Å². The number of imidazole rings is 1. The van der Waals surface area contributed by atoms with Gasteiger partial charge >= 0.3 is 5.97 Å². The van der Waals surface area contributed by atoms with Crippen molar-refractivity contribution in [3.8, 4) is 0 Å². The molecule has 1 aliphatic rings. The van der Waals surface area contributed by atoms with E-state index in [-0.39, 0.29) is 11.9 Å². The van der Waals surface area contributed by atoms with Gasteiger partial charge in [-0.15, -0.1) is 0 Å². The van der Waals surface area contributed by atoms with Crippen LogP contribution in [0, 0.1) is 5.92 Å². The summed E-state index contributed by atoms with van der Waals surface area (Å²) >= 11 is 0. The van der Waals surface area contributed by atoms with E-state index >= 15 is 0 Å². The molecule has 1 aromatic heterocycles. The predicted octanol–water partition coefficient (Wildman–Crippen LogP) is 2.35. The summed E-state index contributed by atoms with van der Waals surface area (Å²) in [6.07, 6.45) is 1.96. The fourth-order valence-corrected chi connectivity index (χ4v) is 3.19. The lowest BCUT2D eigenvalue weighted by molar-refractivity contribution is -0.150. The number of rotatable bonds is 4. The van der Waals surface area contributed by atoms with Gasteiger partial charge in [0.1, 0.15) is 5.82 Å². The van der Waals surface area contributed by atoms with Crippen molar-refractivity contribution in [3.05, 3.63) is 30.1 Å². The number of esters is 1. The van der Waals surface area contributed by atoms with E-state index in [0.29, 0.717) is 6.61 Å². The van der Waals surface area contributed by atoms with Crippen molar-refractivity contribution in [2.24, 2.45) is 13.0 Å². The molecule has 118 valence electrons. The van der Waals surface area contributed by atoms with Crippen molar-refractivity contribution in [3.63, 3.8) is 0 Å². The third-order valence-corrected chi connectivity index (χ3v) is 4.37. The molecule has 1 aromatic carbocycles. The Morgan fingerprint density at radius 2 is 2.23 bits per heavy atom. The Kier molecular flexibility index (Phi) is 4.43. The van der Waals surface area contributed by atoms with Crippen LogP contribution in [-0.2, 0) is 23.1 Å². The molecule has 1 aliphatic heterocycles. The topological polar surface area (TPSA) is 47.4 Å². The third-order valence-electron chi connectivity index (χ3n) is 4.37. The second kappa shape index (κ2) is 6.48. The van der Waals surface area contributed by atoms with Crippen LogP contribution in [0.2, 0.25) is 0 Å². The summed E-state index contributed by atoms with van der Waals surface area (Å²) in [5.41, 5.74) is 2.18. The highest BCUT2D eigenvalue weighted by Crippen LogP contribution is 2.21. The van der Waals surface area contributed by atoms with Crippen LogP contribution in [-0.4, -0.2) is 40.1 Å². The molecule has 5 nitrogen and oxygen atoms in total. The first kappa shape index (κ1) is 15.0. The minimum absolute atomic E-state index is 0.00313. The lowest BCUT2D eigenvalue weighted by Gasteiger charge is -2.31. The zero-order valence-corrected chi connectivity index (χ0v) is 13.3. The number of hydrogen-bond donors (Lipinski definition) is 0. The molecule has 0 saturated carbocycles. The van der Waals surface area contributed by atoms with Gasteiger partial charge in [0.15, 0.2) is 0 Å². The number of benzene rings is 1. The SMILES string of the molecule is CCOC(=O)[C@H]1CCCN(Cc2nc3ccccc3n2C)C1. The van der Waals surface area contributed by atoms with Gasteiger partial charge in [0.05, 0.1) is 30.1 Å². The average molecular weight is 301 g/mol. The molecule has 1 atom stereocenters. The molecule has 2 heterocycles. The van der Waals surface area contributed by atoms with E-state index in [0.717, 1.165) is 49.3 Å². The molecule has 0 radical (unpaired) electrons. The lowest BCUT2D eigenvalue weighted by Crippen LogP contribution is -2.39. The van der Waals surface area contributed by atoms with Gasteiger partial charge in [-0.25, -0.2) is 4.98 Å². The molecule has 22 heavy (non-hydrogen) atoms. The first-order chi connectivity index (χ1) is 10.7. The van der Waals surface area contributed by atoms with Crippen LogP contribution in [0.4, 0.5) is 0 Å². The second-order valence-electron chi connectivity index (χ2n) is 5.90. The van der Waals surface area contributed by atoms with Crippen LogP contribution < -0.4 is 0 Å². The maximum absolute atomic E-state index is 11.9. The molecule has 0 unspecified atom stereocenters. The van der Waals surface area contributed by atoms with Gasteiger partial charge in [-0.3, -0.25) is 9.69 Å². The van der Waals surface area contributed by atoms with E-state index in [9.17, 15) is 4.79 Å². The van der Waals surface area contributed by atoms with Crippen LogP contribution in [0.25, 0.3) is 11.0 Å². The standard InChI is InChI=1S/C17H23N3O2/c1-3-22-17(21)13-7-6-10-20(11-13)12-16-18-14-8-4-5-9-15(14)19(16)2/h4-5,8-9,13H,3,6-7,10-12H2,1-2H3/t13-/m0/s1. The van der Waals surface area contributed by atoms with E-state index in [1.165, 1.54) is 0 Å². The molecular weight excluding hydrogens is 278 g/mol. The quantitative estimate of drug-likeness (QED) is 0.813. The van der Waals surface area contributed by atoms with E-state index < -0.39 is 0 Å². The van der Waals surface area contributed by atoms with E-state index in [2.05, 4.69) is 22.6 Å². The minimum atomic E-state index is -0.0581. The molecule has 1 fully saturated rings. The summed E-state index contributed by atoms with van der Waals surface area (Å²) in [5, 5.41) is 0. The van der Waals surface area contributed by atoms with Crippen molar-refractivity contribution < 1.29 is 9.53 Å². The highest BCUT2D eigenvalue weighted by atomic mass is 16.5. The molecule has 0 aliphatic carbocycles. The number of aryl methyl sites for hydroxylation is 1. The van der Waals surface area contributed by atoms with Crippen LogP contribution in [0.5, 0.6) is 0 Å². The average Bonchev–Trinajstić information content (AvgIpc) is 2.84. The number of piperidine rings is 1. The number of para-hydroxylation sites is 2. The summed E-state index contributed by atoms with van der Waals surface area (Å²) in [6.45, 7) is 4.88. The number of fused-ring (bicyclic) bond motifs is 1. The first-order valence-corrected chi connectivity index (χ1v) is 7.98. The Morgan fingerprint density at radius 1 is 1.41 bits per heavy atom. The summed E-state index contributed by atoms with van der Waals surface area (Å²) in [6, 6.07) is 8.17. The van der Waals surface area contributed by atoms with Crippen molar-refractivity contribution >= 4 is 17.0 Å². The van der Waals surface area contributed by atoms with Gasteiger partial charge in [-0.2, -0.15) is 0 Å². The van der Waals surface area contributed by atoms with Crippen LogP contribution >= 0.6 is 0 Å². The number of hydrogen-bond acceptors (Lipinski definition) is 4. The highest BCUT2D eigenvalue weighted by Gasteiger charge is 2.27. The summed E-state index contributed by atoms with van der Waals surface area (Å²) in [5.74, 6) is 0.992. The smallest absolute Gasteiger partial charge is 0.310 e. The molecule has 2 aromatic rings. The summed E-state index contributed by atoms with van der Waals surface area (Å²) in [7, 11) is 2.05. The molecule has 0 bridgehead atoms. The van der Waals surface area contributed by atoms with Gasteiger partial charge in [-0.05, 0) is 38.4 Å². The first-order valence-electron chi connectivity index (χ1n) is 7.98. The number of carbonyl (C=O) groups excluding carboxylic acids is 1. The van der Waals surface area contributed by atoms with Crippen LogP contribution in [0.1, 0.15) is 25.6 Å². The van der Waals surface area contributed by atoms with Gasteiger partial charge in [0.25, 0.3) is 0 Å². The predicted molar refractivity (Wildman–Crippen MR) is 85.3 cm³/mol. The molecule has 0 amide bonds. The molecule has 0 spiro atoms. The highest BCUT2D eigenvalue weighted by molar-refractivity contribution is 5.75. The monoisotopic (exact) mass is 301 g/mol. The molecule has 5 heteroatoms. The maximum atomic E-state index is 11.9. The Labute approximate surface area is 130 Å². The zero-order valence-electron chi connectivity index (χ0n) is 13.3. The molecule has 0 N–H and O–H groups in total. The third kappa shape index (κ3) is 2.99. The van der Waals surface area contributed by atoms with Crippen molar-refractivity contribution in [1.29, 1.82) is 0 Å². The van der Waals surface area contributed by atoms with Gasteiger partial charge in [-0.1, -0.05) is 12.1 Å². The number of ether oxygens (including phenoxy) is 1. The minimum Gasteiger partial charge on any atom is -0.466 e. The van der Waals surface area contributed by atoms with Crippen molar-refractivity contribution in [1.82, 2.24) is 14.5 Å². The Balaban J connectivity index is 1.71. The van der Waals surface area contributed by atoms with Crippen molar-refractivity contribution in [2.75, 3.05) is 19.7 Å².